The molecule has 0 aromatic heterocycles. The van der Waals surface area contributed by atoms with Crippen LogP contribution in [0, 0.1) is 0 Å². The molecule has 0 aliphatic carbocycles. The zero-order valence-corrected chi connectivity index (χ0v) is 12.9. The van der Waals surface area contributed by atoms with Crippen LogP contribution in [0.3, 0.4) is 0 Å². The van der Waals surface area contributed by atoms with Crippen LogP contribution in [0.25, 0.3) is 10.8 Å². The van der Waals surface area contributed by atoms with E-state index in [0.717, 1.165) is 27.6 Å². The summed E-state index contributed by atoms with van der Waals surface area (Å²) < 4.78 is 5.14. The van der Waals surface area contributed by atoms with Crippen LogP contribution >= 0.6 is 0 Å². The minimum Gasteiger partial charge on any atom is -0.497 e. The number of fused-ring (bicyclic) bond motifs is 1. The summed E-state index contributed by atoms with van der Waals surface area (Å²) in [7, 11) is 1.60. The molecule has 0 saturated carbocycles. The summed E-state index contributed by atoms with van der Waals surface area (Å²) in [5.74, 6) is -0.669. The third-order valence-electron chi connectivity index (χ3n) is 4.12. The summed E-state index contributed by atoms with van der Waals surface area (Å²) >= 11 is 0. The summed E-state index contributed by atoms with van der Waals surface area (Å²) in [5.41, 5.74) is 1.83. The van der Waals surface area contributed by atoms with Gasteiger partial charge in [-0.15, -0.1) is 0 Å². The summed E-state index contributed by atoms with van der Waals surface area (Å²) in [6, 6.07) is 21.3. The highest BCUT2D eigenvalue weighted by Gasteiger charge is 2.21. The van der Waals surface area contributed by atoms with Crippen LogP contribution in [0.1, 0.15) is 17.0 Å². The number of carboxylic acid groups (broad SMARTS) is 1. The number of ether oxygens (including phenoxy) is 1. The Morgan fingerprint density at radius 1 is 1.00 bits per heavy atom. The van der Waals surface area contributed by atoms with E-state index < -0.39 is 11.9 Å². The normalized spacial score (nSPS) is 12.0. The van der Waals surface area contributed by atoms with E-state index in [9.17, 15) is 9.90 Å². The number of rotatable bonds is 5. The topological polar surface area (TPSA) is 46.5 Å². The smallest absolute Gasteiger partial charge is 0.311 e. The maximum Gasteiger partial charge on any atom is 0.311 e. The Morgan fingerprint density at radius 2 is 1.70 bits per heavy atom. The first-order chi connectivity index (χ1) is 11.2. The number of carbonyl (C=O) groups is 1. The Labute approximate surface area is 135 Å². The van der Waals surface area contributed by atoms with Crippen molar-refractivity contribution in [2.45, 2.75) is 12.3 Å². The van der Waals surface area contributed by atoms with E-state index in [2.05, 4.69) is 0 Å². The van der Waals surface area contributed by atoms with Crippen molar-refractivity contribution in [1.29, 1.82) is 0 Å². The lowest BCUT2D eigenvalue weighted by Gasteiger charge is -2.15. The van der Waals surface area contributed by atoms with Gasteiger partial charge in [-0.2, -0.15) is 0 Å². The Hall–Kier alpha value is -2.81. The van der Waals surface area contributed by atoms with Crippen LogP contribution in [-0.2, 0) is 11.2 Å². The minimum absolute atomic E-state index is 0.461. The molecule has 1 N–H and O–H groups in total. The predicted octanol–water partition coefficient (Wildman–Crippen LogP) is 4.26. The van der Waals surface area contributed by atoms with Crippen LogP contribution in [0.15, 0.2) is 66.7 Å². The summed E-state index contributed by atoms with van der Waals surface area (Å²) in [4.78, 5) is 11.8. The predicted molar refractivity (Wildman–Crippen MR) is 91.0 cm³/mol. The van der Waals surface area contributed by atoms with E-state index in [4.69, 9.17) is 4.74 Å². The largest absolute Gasteiger partial charge is 0.497 e. The molecule has 0 amide bonds. The van der Waals surface area contributed by atoms with Crippen LogP contribution < -0.4 is 4.74 Å². The van der Waals surface area contributed by atoms with Crippen molar-refractivity contribution in [2.24, 2.45) is 0 Å². The van der Waals surface area contributed by atoms with Gasteiger partial charge in [0.1, 0.15) is 5.75 Å². The second-order valence-electron chi connectivity index (χ2n) is 5.51. The molecule has 3 nitrogen and oxygen atoms in total. The summed E-state index contributed by atoms with van der Waals surface area (Å²) in [6.07, 6.45) is 0.461. The van der Waals surface area contributed by atoms with Gasteiger partial charge in [0.25, 0.3) is 0 Å². The molecule has 0 spiro atoms. The highest BCUT2D eigenvalue weighted by Crippen LogP contribution is 2.27. The first kappa shape index (κ1) is 15.1. The fourth-order valence-corrected chi connectivity index (χ4v) is 2.87. The van der Waals surface area contributed by atoms with Gasteiger partial charge in [-0.3, -0.25) is 4.79 Å². The Kier molecular flexibility index (Phi) is 4.29. The van der Waals surface area contributed by atoms with Gasteiger partial charge in [-0.25, -0.2) is 0 Å². The van der Waals surface area contributed by atoms with Crippen LogP contribution in [0.2, 0.25) is 0 Å². The molecular weight excluding hydrogens is 288 g/mol. The van der Waals surface area contributed by atoms with Crippen molar-refractivity contribution in [1.82, 2.24) is 0 Å². The highest BCUT2D eigenvalue weighted by molar-refractivity contribution is 5.86. The molecule has 116 valence electrons. The van der Waals surface area contributed by atoms with Crippen molar-refractivity contribution in [3.63, 3.8) is 0 Å². The molecule has 0 bridgehead atoms. The second-order valence-corrected chi connectivity index (χ2v) is 5.51. The SMILES string of the molecule is COc1ccc(C(Cc2cccc3ccccc23)C(=O)O)cc1. The first-order valence-electron chi connectivity index (χ1n) is 7.52. The van der Waals surface area contributed by atoms with E-state index in [-0.39, 0.29) is 0 Å². The molecule has 1 unspecified atom stereocenters. The number of methoxy groups -OCH3 is 1. The monoisotopic (exact) mass is 306 g/mol. The van der Waals surface area contributed by atoms with Crippen molar-refractivity contribution < 1.29 is 14.6 Å². The van der Waals surface area contributed by atoms with Gasteiger partial charge in [0.2, 0.25) is 0 Å². The molecule has 0 aliphatic rings. The Balaban J connectivity index is 1.97. The maximum absolute atomic E-state index is 11.8. The maximum atomic E-state index is 11.8. The second kappa shape index (κ2) is 6.53. The van der Waals surface area contributed by atoms with Gasteiger partial charge in [-0.05, 0) is 40.5 Å². The lowest BCUT2D eigenvalue weighted by Crippen LogP contribution is -2.14. The summed E-state index contributed by atoms with van der Waals surface area (Å²) in [6.45, 7) is 0. The van der Waals surface area contributed by atoms with Gasteiger partial charge >= 0.3 is 5.97 Å². The molecule has 0 saturated heterocycles. The average Bonchev–Trinajstić information content (AvgIpc) is 2.59. The Morgan fingerprint density at radius 3 is 2.39 bits per heavy atom. The zero-order valence-electron chi connectivity index (χ0n) is 12.9. The standard InChI is InChI=1S/C20H18O3/c1-23-17-11-9-15(10-12-17)19(20(21)22)13-16-7-4-6-14-5-2-3-8-18(14)16/h2-12,19H,13H2,1H3,(H,21,22). The van der Waals surface area contributed by atoms with Crippen LogP contribution in [0.4, 0.5) is 0 Å². The van der Waals surface area contributed by atoms with Gasteiger partial charge in [0.05, 0.1) is 13.0 Å². The van der Waals surface area contributed by atoms with E-state index in [1.807, 2.05) is 54.6 Å². The molecule has 0 fully saturated rings. The molecule has 3 rings (SSSR count). The molecule has 0 heterocycles. The number of aliphatic carboxylic acids is 1. The zero-order chi connectivity index (χ0) is 16.2. The van der Waals surface area contributed by atoms with E-state index in [1.54, 1.807) is 19.2 Å². The van der Waals surface area contributed by atoms with Crippen molar-refractivity contribution in [2.75, 3.05) is 7.11 Å². The fraction of sp³-hybridized carbons (Fsp3) is 0.150. The van der Waals surface area contributed by atoms with Crippen LogP contribution in [0.5, 0.6) is 5.75 Å². The van der Waals surface area contributed by atoms with E-state index in [1.165, 1.54) is 0 Å². The molecule has 3 aromatic rings. The highest BCUT2D eigenvalue weighted by atomic mass is 16.5. The number of hydrogen-bond donors (Lipinski definition) is 1. The van der Waals surface area contributed by atoms with Gasteiger partial charge in [-0.1, -0.05) is 54.6 Å². The van der Waals surface area contributed by atoms with Gasteiger partial charge < -0.3 is 9.84 Å². The number of benzene rings is 3. The fourth-order valence-electron chi connectivity index (χ4n) is 2.87. The van der Waals surface area contributed by atoms with E-state index in [0.29, 0.717) is 6.42 Å². The van der Waals surface area contributed by atoms with E-state index >= 15 is 0 Å². The Bertz CT molecular complexity index is 816. The third-order valence-corrected chi connectivity index (χ3v) is 4.12. The van der Waals surface area contributed by atoms with Crippen molar-refractivity contribution >= 4 is 16.7 Å². The average molecular weight is 306 g/mol. The van der Waals surface area contributed by atoms with Crippen LogP contribution in [-0.4, -0.2) is 18.2 Å². The number of carboxylic acids is 1. The quantitative estimate of drug-likeness (QED) is 0.766. The van der Waals surface area contributed by atoms with Crippen molar-refractivity contribution in [3.8, 4) is 5.75 Å². The lowest BCUT2D eigenvalue weighted by molar-refractivity contribution is -0.138. The minimum atomic E-state index is -0.817. The van der Waals surface area contributed by atoms with Gasteiger partial charge in [0.15, 0.2) is 0 Å². The molecule has 0 radical (unpaired) electrons. The first-order valence-corrected chi connectivity index (χ1v) is 7.52. The molecule has 0 aliphatic heterocycles. The summed E-state index contributed by atoms with van der Waals surface area (Å²) in [5, 5.41) is 11.9. The van der Waals surface area contributed by atoms with Crippen molar-refractivity contribution in [3.05, 3.63) is 77.9 Å². The number of hydrogen-bond acceptors (Lipinski definition) is 2. The van der Waals surface area contributed by atoms with Gasteiger partial charge in [0, 0.05) is 0 Å². The molecule has 3 heteroatoms. The molecule has 1 atom stereocenters. The molecule has 3 aromatic carbocycles. The molecule has 23 heavy (non-hydrogen) atoms. The third kappa shape index (κ3) is 3.19. The molecular formula is C20H18O3. The lowest BCUT2D eigenvalue weighted by atomic mass is 9.90.